The van der Waals surface area contributed by atoms with E-state index < -0.39 is 17.1 Å². The molecule has 0 aliphatic carbocycles. The summed E-state index contributed by atoms with van der Waals surface area (Å²) in [5, 5.41) is 8.75. The van der Waals surface area contributed by atoms with Crippen molar-refractivity contribution in [2.45, 2.75) is 11.8 Å². The van der Waals surface area contributed by atoms with Crippen LogP contribution in [0.4, 0.5) is 4.39 Å². The van der Waals surface area contributed by atoms with Crippen LogP contribution in [0.3, 0.4) is 0 Å². The molecule has 5 nitrogen and oxygen atoms in total. The minimum atomic E-state index is -0.997. The lowest BCUT2D eigenvalue weighted by Gasteiger charge is -2.12. The van der Waals surface area contributed by atoms with Crippen molar-refractivity contribution in [1.82, 2.24) is 9.55 Å². The van der Waals surface area contributed by atoms with Gasteiger partial charge in [-0.1, -0.05) is 0 Å². The number of hydrogen-bond donors (Lipinski definition) is 2. The van der Waals surface area contributed by atoms with Crippen LogP contribution in [-0.2, 0) is 0 Å². The highest BCUT2D eigenvalue weighted by atomic mass is 32.2. The van der Waals surface area contributed by atoms with E-state index >= 15 is 0 Å². The van der Waals surface area contributed by atoms with Crippen LogP contribution in [0.25, 0.3) is 0 Å². The van der Waals surface area contributed by atoms with Crippen LogP contribution in [0.15, 0.2) is 15.8 Å². The lowest BCUT2D eigenvalue weighted by atomic mass is 10.1. The number of aromatic nitrogens is 2. The summed E-state index contributed by atoms with van der Waals surface area (Å²) >= 11 is 1.47. The Labute approximate surface area is 94.3 Å². The number of rotatable bonds is 2. The maximum absolute atomic E-state index is 13.0. The van der Waals surface area contributed by atoms with E-state index in [2.05, 4.69) is 0 Å². The Hall–Kier alpha value is -1.08. The van der Waals surface area contributed by atoms with Crippen molar-refractivity contribution in [3.05, 3.63) is 32.9 Å². The van der Waals surface area contributed by atoms with Gasteiger partial charge in [0.2, 0.25) is 5.82 Å². The van der Waals surface area contributed by atoms with E-state index in [9.17, 15) is 14.0 Å². The monoisotopic (exact) mass is 246 g/mol. The molecule has 2 rings (SSSR count). The zero-order chi connectivity index (χ0) is 11.7. The maximum atomic E-state index is 13.0. The largest absolute Gasteiger partial charge is 0.396 e. The summed E-state index contributed by atoms with van der Waals surface area (Å²) in [4.78, 5) is 24.2. The molecule has 0 radical (unpaired) electrons. The van der Waals surface area contributed by atoms with Crippen molar-refractivity contribution in [3.63, 3.8) is 0 Å². The SMILES string of the molecule is O=c1[nH]c(=O)n([C@H]2C[C@@H](CO)CS2)cc1F. The number of hydrogen-bond acceptors (Lipinski definition) is 4. The molecule has 0 bridgehead atoms. The number of thioether (sulfide) groups is 1. The molecule has 1 saturated heterocycles. The molecule has 2 heterocycles. The van der Waals surface area contributed by atoms with E-state index in [0.717, 1.165) is 11.9 Å². The topological polar surface area (TPSA) is 75.1 Å². The molecular formula is C9H11FN2O3S. The third-order valence-electron chi connectivity index (χ3n) is 2.55. The van der Waals surface area contributed by atoms with Crippen molar-refractivity contribution >= 4 is 11.8 Å². The number of nitrogens with zero attached hydrogens (tertiary/aromatic N) is 1. The smallest absolute Gasteiger partial charge is 0.329 e. The van der Waals surface area contributed by atoms with Crippen LogP contribution in [0.2, 0.25) is 0 Å². The molecule has 0 spiro atoms. The van der Waals surface area contributed by atoms with Gasteiger partial charge in [0.1, 0.15) is 0 Å². The Morgan fingerprint density at radius 3 is 3.00 bits per heavy atom. The van der Waals surface area contributed by atoms with Crippen molar-refractivity contribution in [3.8, 4) is 0 Å². The van der Waals surface area contributed by atoms with Crippen LogP contribution in [0.1, 0.15) is 11.8 Å². The molecule has 2 N–H and O–H groups in total. The first-order chi connectivity index (χ1) is 7.61. The normalized spacial score (nSPS) is 24.9. The molecule has 0 unspecified atom stereocenters. The van der Waals surface area contributed by atoms with Crippen molar-refractivity contribution < 1.29 is 9.50 Å². The number of aliphatic hydroxyl groups is 1. The standard InChI is InChI=1S/C9H11FN2O3S/c10-6-2-12(9(15)11-8(6)14)7-1-5(3-13)4-16-7/h2,5,7,13H,1,3-4H2,(H,11,14,15)/t5-,7+/m0/s1. The maximum Gasteiger partial charge on any atom is 0.329 e. The number of H-pyrrole nitrogens is 1. The van der Waals surface area contributed by atoms with Gasteiger partial charge in [-0.05, 0) is 12.3 Å². The quantitative estimate of drug-likeness (QED) is 0.765. The van der Waals surface area contributed by atoms with Gasteiger partial charge in [0.15, 0.2) is 0 Å². The van der Waals surface area contributed by atoms with Gasteiger partial charge in [-0.25, -0.2) is 4.79 Å². The fourth-order valence-electron chi connectivity index (χ4n) is 1.66. The first kappa shape index (κ1) is 11.4. The third kappa shape index (κ3) is 2.05. The van der Waals surface area contributed by atoms with Crippen LogP contribution in [-0.4, -0.2) is 27.0 Å². The predicted octanol–water partition coefficient (Wildman–Crippen LogP) is -0.0803. The summed E-state index contributed by atoms with van der Waals surface area (Å²) in [5.41, 5.74) is -1.61. The minimum absolute atomic E-state index is 0.0596. The molecular weight excluding hydrogens is 235 g/mol. The summed E-state index contributed by atoms with van der Waals surface area (Å²) in [5.74, 6) is -0.113. The van der Waals surface area contributed by atoms with E-state index in [-0.39, 0.29) is 17.9 Å². The zero-order valence-corrected chi connectivity index (χ0v) is 9.17. The van der Waals surface area contributed by atoms with Gasteiger partial charge < -0.3 is 5.11 Å². The average molecular weight is 246 g/mol. The van der Waals surface area contributed by atoms with Gasteiger partial charge in [0.05, 0.1) is 11.6 Å². The molecule has 0 amide bonds. The molecule has 0 saturated carbocycles. The molecule has 1 aliphatic rings. The summed E-state index contributed by atoms with van der Waals surface area (Å²) in [6.07, 6.45) is 1.53. The highest BCUT2D eigenvalue weighted by Crippen LogP contribution is 2.38. The number of nitrogens with one attached hydrogen (secondary N) is 1. The van der Waals surface area contributed by atoms with Gasteiger partial charge in [0, 0.05) is 12.4 Å². The Bertz CT molecular complexity index is 498. The highest BCUT2D eigenvalue weighted by Gasteiger charge is 2.27. The summed E-state index contributed by atoms with van der Waals surface area (Å²) < 4.78 is 14.2. The molecule has 1 aromatic heterocycles. The second-order valence-corrected chi connectivity index (χ2v) is 4.93. The summed E-state index contributed by atoms with van der Waals surface area (Å²) in [6.45, 7) is 0.0596. The Kier molecular flexibility index (Phi) is 3.15. The van der Waals surface area contributed by atoms with Gasteiger partial charge in [-0.3, -0.25) is 14.3 Å². The van der Waals surface area contributed by atoms with Crippen molar-refractivity contribution in [2.24, 2.45) is 5.92 Å². The van der Waals surface area contributed by atoms with E-state index in [1.807, 2.05) is 4.98 Å². The molecule has 0 aromatic carbocycles. The number of halogens is 1. The Morgan fingerprint density at radius 2 is 2.38 bits per heavy atom. The van der Waals surface area contributed by atoms with Crippen molar-refractivity contribution in [2.75, 3.05) is 12.4 Å². The van der Waals surface area contributed by atoms with E-state index in [0.29, 0.717) is 6.42 Å². The minimum Gasteiger partial charge on any atom is -0.396 e. The molecule has 1 aromatic rings. The third-order valence-corrected chi connectivity index (χ3v) is 4.02. The first-order valence-electron chi connectivity index (χ1n) is 4.85. The fourth-order valence-corrected chi connectivity index (χ4v) is 3.13. The van der Waals surface area contributed by atoms with Crippen molar-refractivity contribution in [1.29, 1.82) is 0 Å². The van der Waals surface area contributed by atoms with Crippen LogP contribution in [0, 0.1) is 11.7 Å². The van der Waals surface area contributed by atoms with E-state index in [4.69, 9.17) is 5.11 Å². The molecule has 88 valence electrons. The van der Waals surface area contributed by atoms with E-state index in [1.54, 1.807) is 0 Å². The van der Waals surface area contributed by atoms with Gasteiger partial charge in [-0.2, -0.15) is 4.39 Å². The lowest BCUT2D eigenvalue weighted by Crippen LogP contribution is -2.32. The highest BCUT2D eigenvalue weighted by molar-refractivity contribution is 7.99. The Balaban J connectivity index is 2.32. The summed E-state index contributed by atoms with van der Waals surface area (Å²) in [6, 6.07) is 0. The molecule has 1 fully saturated rings. The Morgan fingerprint density at radius 1 is 1.62 bits per heavy atom. The molecule has 2 atom stereocenters. The summed E-state index contributed by atoms with van der Waals surface area (Å²) in [7, 11) is 0. The van der Waals surface area contributed by atoms with E-state index in [1.165, 1.54) is 16.3 Å². The second kappa shape index (κ2) is 4.42. The number of aromatic amines is 1. The van der Waals surface area contributed by atoms with Gasteiger partial charge in [-0.15, -0.1) is 11.8 Å². The lowest BCUT2D eigenvalue weighted by molar-refractivity contribution is 0.233. The zero-order valence-electron chi connectivity index (χ0n) is 8.35. The van der Waals surface area contributed by atoms with Crippen LogP contribution in [0.5, 0.6) is 0 Å². The molecule has 1 aliphatic heterocycles. The van der Waals surface area contributed by atoms with Crippen LogP contribution >= 0.6 is 11.8 Å². The molecule has 7 heteroatoms. The fraction of sp³-hybridized carbons (Fsp3) is 0.556. The first-order valence-corrected chi connectivity index (χ1v) is 5.90. The van der Waals surface area contributed by atoms with Gasteiger partial charge >= 0.3 is 5.69 Å². The average Bonchev–Trinajstić information content (AvgIpc) is 2.71. The second-order valence-electron chi connectivity index (χ2n) is 3.72. The predicted molar refractivity (Wildman–Crippen MR) is 58.0 cm³/mol. The van der Waals surface area contributed by atoms with Gasteiger partial charge in [0.25, 0.3) is 5.56 Å². The van der Waals surface area contributed by atoms with Crippen LogP contribution < -0.4 is 11.2 Å². The number of aliphatic hydroxyl groups excluding tert-OH is 1. The molecule has 16 heavy (non-hydrogen) atoms.